The van der Waals surface area contributed by atoms with Crippen LogP contribution in [0.3, 0.4) is 0 Å². The van der Waals surface area contributed by atoms with Gasteiger partial charge in [0.1, 0.15) is 5.75 Å². The molecular formula is C18H16N2O2. The van der Waals surface area contributed by atoms with Gasteiger partial charge in [-0.3, -0.25) is 4.79 Å². The Morgan fingerprint density at radius 3 is 2.73 bits per heavy atom. The fourth-order valence-electron chi connectivity index (χ4n) is 2.61. The molecule has 2 aromatic carbocycles. The van der Waals surface area contributed by atoms with E-state index in [1.807, 2.05) is 55.5 Å². The summed E-state index contributed by atoms with van der Waals surface area (Å²) in [7, 11) is 0. The summed E-state index contributed by atoms with van der Waals surface area (Å²) in [6.07, 6.45) is -0.366. The summed E-state index contributed by atoms with van der Waals surface area (Å²) in [6, 6.07) is 17.3. The lowest BCUT2D eigenvalue weighted by molar-refractivity contribution is -0.126. The minimum absolute atomic E-state index is 0.127. The van der Waals surface area contributed by atoms with Crippen molar-refractivity contribution in [2.75, 3.05) is 11.4 Å². The first-order valence-electron chi connectivity index (χ1n) is 7.21. The highest BCUT2D eigenvalue weighted by molar-refractivity contribution is 6.00. The smallest absolute Gasteiger partial charge is 0.272 e. The highest BCUT2D eigenvalue weighted by atomic mass is 16.5. The predicted molar refractivity (Wildman–Crippen MR) is 83.6 cm³/mol. The molecule has 2 aromatic rings. The molecule has 0 N–H and O–H groups in total. The van der Waals surface area contributed by atoms with Crippen LogP contribution in [0.15, 0.2) is 48.5 Å². The molecule has 1 amide bonds. The number of aryl methyl sites for hydroxylation is 1. The molecule has 0 saturated carbocycles. The molecule has 4 heteroatoms. The molecule has 1 aliphatic heterocycles. The average Bonchev–Trinajstić information content (AvgIpc) is 2.54. The molecule has 0 aromatic heterocycles. The van der Waals surface area contributed by atoms with Crippen LogP contribution < -0.4 is 9.64 Å². The van der Waals surface area contributed by atoms with Crippen molar-refractivity contribution in [1.82, 2.24) is 0 Å². The highest BCUT2D eigenvalue weighted by Gasteiger charge is 2.35. The first-order chi connectivity index (χ1) is 10.7. The number of ether oxygens (including phenoxy) is 1. The summed E-state index contributed by atoms with van der Waals surface area (Å²) < 4.78 is 5.95. The number of amides is 1. The van der Waals surface area contributed by atoms with Crippen LogP contribution in [0.5, 0.6) is 5.75 Å². The summed E-state index contributed by atoms with van der Waals surface area (Å²) >= 11 is 0. The number of nitrogens with zero attached hydrogens (tertiary/aromatic N) is 2. The molecule has 0 radical (unpaired) electrons. The summed E-state index contributed by atoms with van der Waals surface area (Å²) in [5.74, 6) is 0.559. The number of fused-ring (bicyclic) bond motifs is 1. The van der Waals surface area contributed by atoms with Crippen LogP contribution in [0.25, 0.3) is 0 Å². The van der Waals surface area contributed by atoms with Crippen LogP contribution in [0.4, 0.5) is 5.69 Å². The molecular weight excluding hydrogens is 276 g/mol. The van der Waals surface area contributed by atoms with Gasteiger partial charge in [-0.25, -0.2) is 0 Å². The van der Waals surface area contributed by atoms with Gasteiger partial charge < -0.3 is 9.64 Å². The molecule has 0 saturated heterocycles. The monoisotopic (exact) mass is 292 g/mol. The lowest BCUT2D eigenvalue weighted by atomic mass is 10.0. The van der Waals surface area contributed by atoms with E-state index in [9.17, 15) is 4.79 Å². The first-order valence-corrected chi connectivity index (χ1v) is 7.21. The maximum atomic E-state index is 12.8. The van der Waals surface area contributed by atoms with Gasteiger partial charge >= 0.3 is 0 Å². The van der Waals surface area contributed by atoms with Gasteiger partial charge in [0.2, 0.25) is 6.10 Å². The van der Waals surface area contributed by atoms with E-state index < -0.39 is 6.10 Å². The Morgan fingerprint density at radius 1 is 1.23 bits per heavy atom. The molecule has 1 atom stereocenters. The molecule has 0 aliphatic carbocycles. The van der Waals surface area contributed by atoms with Crippen molar-refractivity contribution in [1.29, 1.82) is 5.26 Å². The Balaban J connectivity index is 2.03. The van der Waals surface area contributed by atoms with E-state index in [-0.39, 0.29) is 5.91 Å². The van der Waals surface area contributed by atoms with E-state index in [1.54, 1.807) is 4.90 Å². The summed E-state index contributed by atoms with van der Waals surface area (Å²) in [5, 5.41) is 8.84. The van der Waals surface area contributed by atoms with Gasteiger partial charge in [-0.15, -0.1) is 0 Å². The lowest BCUT2D eigenvalue weighted by Gasteiger charge is -2.34. The van der Waals surface area contributed by atoms with Crippen LogP contribution in [0.2, 0.25) is 0 Å². The van der Waals surface area contributed by atoms with Crippen LogP contribution in [-0.4, -0.2) is 12.5 Å². The van der Waals surface area contributed by atoms with Crippen molar-refractivity contribution in [2.45, 2.75) is 19.4 Å². The van der Waals surface area contributed by atoms with E-state index in [1.165, 1.54) is 0 Å². The van der Waals surface area contributed by atoms with Gasteiger partial charge in [0, 0.05) is 12.1 Å². The third-order valence-electron chi connectivity index (χ3n) is 3.69. The standard InChI is InChI=1S/C18H16N2O2/c1-13-8-9-15-16(12-13)22-17(14-6-3-2-4-7-14)18(21)20(15)11-5-10-19/h2-4,6-9,12,17H,5,11H2,1H3. The van der Waals surface area contributed by atoms with Gasteiger partial charge in [0.25, 0.3) is 5.91 Å². The Labute approximate surface area is 129 Å². The molecule has 0 spiro atoms. The molecule has 4 nitrogen and oxygen atoms in total. The molecule has 110 valence electrons. The van der Waals surface area contributed by atoms with Crippen LogP contribution in [0.1, 0.15) is 23.7 Å². The van der Waals surface area contributed by atoms with Crippen molar-refractivity contribution in [3.8, 4) is 11.8 Å². The van der Waals surface area contributed by atoms with Crippen molar-refractivity contribution in [3.63, 3.8) is 0 Å². The highest BCUT2D eigenvalue weighted by Crippen LogP contribution is 2.39. The Morgan fingerprint density at radius 2 is 2.00 bits per heavy atom. The van der Waals surface area contributed by atoms with Gasteiger partial charge in [-0.1, -0.05) is 36.4 Å². The zero-order valence-electron chi connectivity index (χ0n) is 12.3. The topological polar surface area (TPSA) is 53.3 Å². The summed E-state index contributed by atoms with van der Waals surface area (Å²) in [4.78, 5) is 14.4. The molecule has 0 fully saturated rings. The van der Waals surface area contributed by atoms with Gasteiger partial charge in [0.05, 0.1) is 18.2 Å². The number of benzene rings is 2. The number of nitriles is 1. The summed E-state index contributed by atoms with van der Waals surface area (Å²) in [5.41, 5.74) is 2.62. The Hall–Kier alpha value is -2.80. The molecule has 1 heterocycles. The van der Waals surface area contributed by atoms with Crippen LogP contribution in [-0.2, 0) is 4.79 Å². The second-order valence-electron chi connectivity index (χ2n) is 5.28. The third kappa shape index (κ3) is 2.53. The van der Waals surface area contributed by atoms with Crippen LogP contribution >= 0.6 is 0 Å². The molecule has 1 unspecified atom stereocenters. The first kappa shape index (κ1) is 14.2. The van der Waals surface area contributed by atoms with Crippen molar-refractivity contribution in [3.05, 3.63) is 59.7 Å². The minimum atomic E-state index is -0.658. The van der Waals surface area contributed by atoms with Gasteiger partial charge in [-0.05, 0) is 24.6 Å². The van der Waals surface area contributed by atoms with Crippen LogP contribution in [0, 0.1) is 18.3 Å². The zero-order chi connectivity index (χ0) is 15.5. The maximum Gasteiger partial charge on any atom is 0.272 e. The Kier molecular flexibility index (Phi) is 3.80. The van der Waals surface area contributed by atoms with E-state index in [0.717, 1.165) is 16.8 Å². The second-order valence-corrected chi connectivity index (χ2v) is 5.28. The third-order valence-corrected chi connectivity index (χ3v) is 3.69. The fraction of sp³-hybridized carbons (Fsp3) is 0.222. The fourth-order valence-corrected chi connectivity index (χ4v) is 2.61. The largest absolute Gasteiger partial charge is 0.474 e. The number of hydrogen-bond donors (Lipinski definition) is 0. The minimum Gasteiger partial charge on any atom is -0.474 e. The Bertz CT molecular complexity index is 734. The SMILES string of the molecule is Cc1ccc2c(c1)OC(c1ccccc1)C(=O)N2CCC#N. The van der Waals surface area contributed by atoms with E-state index in [2.05, 4.69) is 6.07 Å². The van der Waals surface area contributed by atoms with Gasteiger partial charge in [0.15, 0.2) is 0 Å². The molecule has 1 aliphatic rings. The van der Waals surface area contributed by atoms with Gasteiger partial charge in [-0.2, -0.15) is 5.26 Å². The van der Waals surface area contributed by atoms with Crippen molar-refractivity contribution in [2.24, 2.45) is 0 Å². The zero-order valence-corrected chi connectivity index (χ0v) is 12.3. The second kappa shape index (κ2) is 5.90. The maximum absolute atomic E-state index is 12.8. The quantitative estimate of drug-likeness (QED) is 0.871. The number of anilines is 1. The summed E-state index contributed by atoms with van der Waals surface area (Å²) in [6.45, 7) is 2.36. The van der Waals surface area contributed by atoms with E-state index in [0.29, 0.717) is 18.7 Å². The van der Waals surface area contributed by atoms with Crippen molar-refractivity contribution >= 4 is 11.6 Å². The lowest BCUT2D eigenvalue weighted by Crippen LogP contribution is -2.41. The van der Waals surface area contributed by atoms with Crippen molar-refractivity contribution < 1.29 is 9.53 Å². The number of carbonyl (C=O) groups is 1. The predicted octanol–water partition coefficient (Wildman–Crippen LogP) is 3.38. The number of rotatable bonds is 3. The molecule has 0 bridgehead atoms. The van der Waals surface area contributed by atoms with E-state index in [4.69, 9.17) is 10.00 Å². The number of hydrogen-bond acceptors (Lipinski definition) is 3. The average molecular weight is 292 g/mol. The normalized spacial score (nSPS) is 16.6. The molecule has 3 rings (SSSR count). The number of carbonyl (C=O) groups excluding carboxylic acids is 1. The van der Waals surface area contributed by atoms with E-state index >= 15 is 0 Å². The molecule has 22 heavy (non-hydrogen) atoms.